The lowest BCUT2D eigenvalue weighted by molar-refractivity contribution is -0.144. The summed E-state index contributed by atoms with van der Waals surface area (Å²) in [7, 11) is 0. The van der Waals surface area contributed by atoms with Gasteiger partial charge in [0.05, 0.1) is 11.9 Å². The highest BCUT2D eigenvalue weighted by atomic mass is 35.5. The van der Waals surface area contributed by atoms with Crippen LogP contribution in [0.2, 0.25) is 5.15 Å². The van der Waals surface area contributed by atoms with Crippen molar-refractivity contribution in [1.82, 2.24) is 4.98 Å². The first-order valence-electron chi connectivity index (χ1n) is 4.16. The molecule has 80 valence electrons. The average Bonchev–Trinajstić information content (AvgIpc) is 2.20. The van der Waals surface area contributed by atoms with Gasteiger partial charge in [0, 0.05) is 0 Å². The molecular formula is C9H9ClN2O3. The topological polar surface area (TPSA) is 79.3 Å². The van der Waals surface area contributed by atoms with E-state index >= 15 is 0 Å². The van der Waals surface area contributed by atoms with Gasteiger partial charge in [-0.05, 0) is 19.1 Å². The Morgan fingerprint density at radius 1 is 1.53 bits per heavy atom. The molecule has 0 aliphatic carbocycles. The molecule has 1 atom stereocenters. The molecule has 0 bridgehead atoms. The Labute approximate surface area is 91.1 Å². The van der Waals surface area contributed by atoms with Crippen LogP contribution in [0.3, 0.4) is 0 Å². The second kappa shape index (κ2) is 4.75. The number of hydrogen-bond acceptors (Lipinski definition) is 3. The quantitative estimate of drug-likeness (QED) is 0.605. The molecule has 0 radical (unpaired) electrons. The molecular weight excluding hydrogens is 220 g/mol. The van der Waals surface area contributed by atoms with Crippen molar-refractivity contribution in [3.05, 3.63) is 23.5 Å². The van der Waals surface area contributed by atoms with E-state index < -0.39 is 17.8 Å². The van der Waals surface area contributed by atoms with E-state index in [1.54, 1.807) is 6.07 Å². The molecule has 1 unspecified atom stereocenters. The molecule has 15 heavy (non-hydrogen) atoms. The summed E-state index contributed by atoms with van der Waals surface area (Å²) in [4.78, 5) is 25.5. The lowest BCUT2D eigenvalue weighted by Crippen LogP contribution is -2.26. The summed E-state index contributed by atoms with van der Waals surface area (Å²) < 4.78 is 0. The highest BCUT2D eigenvalue weighted by Crippen LogP contribution is 2.10. The van der Waals surface area contributed by atoms with Crippen molar-refractivity contribution in [1.29, 1.82) is 0 Å². The highest BCUT2D eigenvalue weighted by molar-refractivity contribution is 6.29. The zero-order valence-electron chi connectivity index (χ0n) is 7.90. The normalized spacial score (nSPS) is 11.9. The van der Waals surface area contributed by atoms with Gasteiger partial charge < -0.3 is 10.4 Å². The summed E-state index contributed by atoms with van der Waals surface area (Å²) in [6.45, 7) is 1.31. The van der Waals surface area contributed by atoms with Crippen LogP contribution in [0.1, 0.15) is 6.92 Å². The minimum Gasteiger partial charge on any atom is -0.481 e. The predicted octanol–water partition coefficient (Wildman–Crippen LogP) is 1.39. The number of aliphatic carboxylic acids is 1. The fourth-order valence-electron chi connectivity index (χ4n) is 0.812. The van der Waals surface area contributed by atoms with Gasteiger partial charge in [0.1, 0.15) is 11.1 Å². The van der Waals surface area contributed by atoms with Crippen LogP contribution in [0.15, 0.2) is 18.3 Å². The fraction of sp³-hybridized carbons (Fsp3) is 0.222. The van der Waals surface area contributed by atoms with E-state index in [-0.39, 0.29) is 0 Å². The Balaban J connectivity index is 2.66. The monoisotopic (exact) mass is 228 g/mol. The van der Waals surface area contributed by atoms with E-state index in [1.807, 2.05) is 0 Å². The van der Waals surface area contributed by atoms with Crippen LogP contribution in [-0.4, -0.2) is 22.0 Å². The average molecular weight is 229 g/mol. The minimum atomic E-state index is -1.17. The van der Waals surface area contributed by atoms with Crippen molar-refractivity contribution in [3.63, 3.8) is 0 Å². The highest BCUT2D eigenvalue weighted by Gasteiger charge is 2.20. The summed E-state index contributed by atoms with van der Waals surface area (Å²) >= 11 is 5.54. The number of pyridine rings is 1. The Morgan fingerprint density at radius 2 is 2.20 bits per heavy atom. The number of carboxylic acid groups (broad SMARTS) is 1. The van der Waals surface area contributed by atoms with E-state index in [0.29, 0.717) is 10.8 Å². The first-order valence-corrected chi connectivity index (χ1v) is 4.53. The third-order valence-electron chi connectivity index (χ3n) is 1.76. The van der Waals surface area contributed by atoms with Crippen molar-refractivity contribution in [2.24, 2.45) is 5.92 Å². The van der Waals surface area contributed by atoms with Crippen molar-refractivity contribution in [2.45, 2.75) is 6.92 Å². The van der Waals surface area contributed by atoms with Gasteiger partial charge in [-0.2, -0.15) is 0 Å². The van der Waals surface area contributed by atoms with Crippen LogP contribution in [0.4, 0.5) is 5.69 Å². The van der Waals surface area contributed by atoms with E-state index in [9.17, 15) is 9.59 Å². The molecule has 5 nitrogen and oxygen atoms in total. The summed E-state index contributed by atoms with van der Waals surface area (Å²) in [6, 6.07) is 3.05. The molecule has 6 heteroatoms. The number of hydrogen-bond donors (Lipinski definition) is 2. The number of aromatic nitrogens is 1. The van der Waals surface area contributed by atoms with Crippen molar-refractivity contribution in [3.8, 4) is 0 Å². The van der Waals surface area contributed by atoms with Gasteiger partial charge in [-0.25, -0.2) is 4.98 Å². The second-order valence-electron chi connectivity index (χ2n) is 2.92. The first kappa shape index (κ1) is 11.5. The molecule has 0 aromatic carbocycles. The van der Waals surface area contributed by atoms with Crippen LogP contribution >= 0.6 is 11.6 Å². The molecule has 1 heterocycles. The van der Waals surface area contributed by atoms with Crippen molar-refractivity contribution in [2.75, 3.05) is 5.32 Å². The lowest BCUT2D eigenvalue weighted by atomic mass is 10.1. The van der Waals surface area contributed by atoms with Gasteiger partial charge in [-0.3, -0.25) is 9.59 Å². The third kappa shape index (κ3) is 3.21. The molecule has 2 N–H and O–H groups in total. The number of amides is 1. The first-order chi connectivity index (χ1) is 7.00. The van der Waals surface area contributed by atoms with E-state index in [2.05, 4.69) is 10.3 Å². The third-order valence-corrected chi connectivity index (χ3v) is 1.98. The smallest absolute Gasteiger partial charge is 0.315 e. The number of rotatable bonds is 3. The molecule has 0 spiro atoms. The Kier molecular flexibility index (Phi) is 3.62. The van der Waals surface area contributed by atoms with E-state index in [4.69, 9.17) is 16.7 Å². The number of halogens is 1. The maximum Gasteiger partial charge on any atom is 0.315 e. The van der Waals surface area contributed by atoms with E-state index in [0.717, 1.165) is 0 Å². The predicted molar refractivity (Wildman–Crippen MR) is 54.7 cm³/mol. The molecule has 1 aromatic rings. The number of nitrogens with zero attached hydrogens (tertiary/aromatic N) is 1. The minimum absolute atomic E-state index is 0.305. The number of carbonyl (C=O) groups excluding carboxylic acids is 1. The zero-order chi connectivity index (χ0) is 11.4. The number of nitrogens with one attached hydrogen (secondary N) is 1. The molecule has 0 fully saturated rings. The second-order valence-corrected chi connectivity index (χ2v) is 3.31. The summed E-state index contributed by atoms with van der Waals surface area (Å²) in [5.41, 5.74) is 0.414. The zero-order valence-corrected chi connectivity index (χ0v) is 8.65. The molecule has 1 aromatic heterocycles. The van der Waals surface area contributed by atoms with Crippen LogP contribution in [-0.2, 0) is 9.59 Å². The summed E-state index contributed by atoms with van der Waals surface area (Å²) in [6.07, 6.45) is 1.36. The molecule has 0 saturated carbocycles. The Hall–Kier alpha value is -1.62. The Bertz CT molecular complexity index is 377. The van der Waals surface area contributed by atoms with Crippen molar-refractivity contribution < 1.29 is 14.7 Å². The number of carboxylic acids is 1. The standard InChI is InChI=1S/C9H9ClN2O3/c1-5(9(14)15)8(13)12-6-2-3-7(10)11-4-6/h2-5H,1H3,(H,12,13)(H,14,15). The SMILES string of the molecule is CC(C(=O)O)C(=O)Nc1ccc(Cl)nc1. The summed E-state index contributed by atoms with van der Waals surface area (Å²) in [5.74, 6) is -2.86. The van der Waals surface area contributed by atoms with Gasteiger partial charge in [-0.15, -0.1) is 0 Å². The molecule has 0 aliphatic heterocycles. The van der Waals surface area contributed by atoms with Gasteiger partial charge >= 0.3 is 5.97 Å². The van der Waals surface area contributed by atoms with Gasteiger partial charge in [-0.1, -0.05) is 11.6 Å². The Morgan fingerprint density at radius 3 is 2.67 bits per heavy atom. The fourth-order valence-corrected chi connectivity index (χ4v) is 0.924. The van der Waals surface area contributed by atoms with Crippen LogP contribution in [0, 0.1) is 5.92 Å². The van der Waals surface area contributed by atoms with Crippen LogP contribution < -0.4 is 5.32 Å². The number of carbonyl (C=O) groups is 2. The molecule has 1 amide bonds. The van der Waals surface area contributed by atoms with E-state index in [1.165, 1.54) is 19.2 Å². The van der Waals surface area contributed by atoms with Gasteiger partial charge in [0.2, 0.25) is 5.91 Å². The van der Waals surface area contributed by atoms with Gasteiger partial charge in [0.15, 0.2) is 0 Å². The van der Waals surface area contributed by atoms with Gasteiger partial charge in [0.25, 0.3) is 0 Å². The van der Waals surface area contributed by atoms with Crippen LogP contribution in [0.5, 0.6) is 0 Å². The maximum absolute atomic E-state index is 11.3. The lowest BCUT2D eigenvalue weighted by Gasteiger charge is -2.07. The van der Waals surface area contributed by atoms with Crippen molar-refractivity contribution >= 4 is 29.2 Å². The molecule has 1 rings (SSSR count). The van der Waals surface area contributed by atoms with Crippen LogP contribution in [0.25, 0.3) is 0 Å². The maximum atomic E-state index is 11.3. The molecule has 0 aliphatic rings. The summed E-state index contributed by atoms with van der Waals surface area (Å²) in [5, 5.41) is 11.3. The molecule has 0 saturated heterocycles. The largest absolute Gasteiger partial charge is 0.481 e. The number of anilines is 1.